The molecule has 0 saturated heterocycles. The van der Waals surface area contributed by atoms with Crippen LogP contribution in [0.25, 0.3) is 5.69 Å². The van der Waals surface area contributed by atoms with Crippen molar-refractivity contribution in [1.29, 1.82) is 0 Å². The minimum Gasteiger partial charge on any atom is -0.478 e. The van der Waals surface area contributed by atoms with Crippen molar-refractivity contribution in [1.82, 2.24) is 4.57 Å². The summed E-state index contributed by atoms with van der Waals surface area (Å²) < 4.78 is 14.9. The monoisotopic (exact) mass is 233 g/mol. The Morgan fingerprint density at radius 3 is 2.29 bits per heavy atom. The van der Waals surface area contributed by atoms with Crippen molar-refractivity contribution in [3.05, 3.63) is 53.1 Å². The summed E-state index contributed by atoms with van der Waals surface area (Å²) in [7, 11) is 0. The van der Waals surface area contributed by atoms with Gasteiger partial charge in [0.15, 0.2) is 0 Å². The van der Waals surface area contributed by atoms with E-state index in [0.717, 1.165) is 17.5 Å². The first-order chi connectivity index (χ1) is 8.00. The molecule has 3 nitrogen and oxygen atoms in total. The predicted molar refractivity (Wildman–Crippen MR) is 62.2 cm³/mol. The topological polar surface area (TPSA) is 42.2 Å². The fourth-order valence-electron chi connectivity index (χ4n) is 1.92. The molecule has 0 saturated carbocycles. The maximum Gasteiger partial charge on any atom is 0.337 e. The summed E-state index contributed by atoms with van der Waals surface area (Å²) in [6.07, 6.45) is 0. The Morgan fingerprint density at radius 1 is 1.18 bits per heavy atom. The first-order valence-corrected chi connectivity index (χ1v) is 5.19. The van der Waals surface area contributed by atoms with Crippen LogP contribution in [0.2, 0.25) is 0 Å². The van der Waals surface area contributed by atoms with Crippen LogP contribution in [0.3, 0.4) is 0 Å². The lowest BCUT2D eigenvalue weighted by Crippen LogP contribution is -2.08. The molecule has 0 aliphatic carbocycles. The van der Waals surface area contributed by atoms with Gasteiger partial charge in [-0.05, 0) is 44.2 Å². The molecule has 0 unspecified atom stereocenters. The molecular formula is C13H12FNO2. The second-order valence-corrected chi connectivity index (χ2v) is 3.92. The van der Waals surface area contributed by atoms with Crippen molar-refractivity contribution in [2.75, 3.05) is 0 Å². The summed E-state index contributed by atoms with van der Waals surface area (Å²) in [5, 5.41) is 9.09. The van der Waals surface area contributed by atoms with Crippen LogP contribution < -0.4 is 0 Å². The number of hydrogen-bond acceptors (Lipinski definition) is 1. The molecular weight excluding hydrogens is 221 g/mol. The highest BCUT2D eigenvalue weighted by Crippen LogP contribution is 2.21. The van der Waals surface area contributed by atoms with Gasteiger partial charge < -0.3 is 9.67 Å². The molecule has 0 fully saturated rings. The molecule has 0 bridgehead atoms. The zero-order valence-corrected chi connectivity index (χ0v) is 9.57. The van der Waals surface area contributed by atoms with Crippen molar-refractivity contribution in [2.24, 2.45) is 0 Å². The van der Waals surface area contributed by atoms with E-state index in [4.69, 9.17) is 5.11 Å². The number of benzene rings is 1. The Labute approximate surface area is 98.1 Å². The maximum absolute atomic E-state index is 13.1. The smallest absolute Gasteiger partial charge is 0.337 e. The minimum atomic E-state index is -1.13. The number of carboxylic acid groups (broad SMARTS) is 1. The van der Waals surface area contributed by atoms with E-state index >= 15 is 0 Å². The van der Waals surface area contributed by atoms with Gasteiger partial charge in [-0.2, -0.15) is 0 Å². The zero-order chi connectivity index (χ0) is 12.6. The summed E-state index contributed by atoms with van der Waals surface area (Å²) in [4.78, 5) is 11.1. The Bertz CT molecular complexity index is 568. The van der Waals surface area contributed by atoms with Crippen molar-refractivity contribution < 1.29 is 14.3 Å². The van der Waals surface area contributed by atoms with E-state index in [2.05, 4.69) is 0 Å². The van der Waals surface area contributed by atoms with Crippen LogP contribution in [-0.2, 0) is 0 Å². The molecule has 2 aromatic rings. The SMILES string of the molecule is Cc1ccc(C)n1-c1ccc(F)cc1C(=O)O. The highest BCUT2D eigenvalue weighted by atomic mass is 19.1. The summed E-state index contributed by atoms with van der Waals surface area (Å²) in [6, 6.07) is 7.57. The lowest BCUT2D eigenvalue weighted by Gasteiger charge is -2.12. The number of carboxylic acids is 1. The van der Waals surface area contributed by atoms with E-state index in [-0.39, 0.29) is 5.56 Å². The Kier molecular flexibility index (Phi) is 2.71. The van der Waals surface area contributed by atoms with Crippen LogP contribution >= 0.6 is 0 Å². The first kappa shape index (κ1) is 11.4. The highest BCUT2D eigenvalue weighted by molar-refractivity contribution is 5.92. The van der Waals surface area contributed by atoms with Crippen LogP contribution in [0.5, 0.6) is 0 Å². The molecule has 0 aliphatic rings. The van der Waals surface area contributed by atoms with Crippen molar-refractivity contribution >= 4 is 5.97 Å². The molecule has 88 valence electrons. The van der Waals surface area contributed by atoms with Crippen LogP contribution in [0.1, 0.15) is 21.7 Å². The van der Waals surface area contributed by atoms with Gasteiger partial charge in [0.05, 0.1) is 11.3 Å². The van der Waals surface area contributed by atoms with Gasteiger partial charge in [0.2, 0.25) is 0 Å². The van der Waals surface area contributed by atoms with Gasteiger partial charge in [-0.1, -0.05) is 0 Å². The van der Waals surface area contributed by atoms with Gasteiger partial charge in [-0.3, -0.25) is 0 Å². The lowest BCUT2D eigenvalue weighted by atomic mass is 10.1. The number of hydrogen-bond donors (Lipinski definition) is 1. The minimum absolute atomic E-state index is 0.0348. The molecule has 1 heterocycles. The van der Waals surface area contributed by atoms with Gasteiger partial charge in [0.1, 0.15) is 5.82 Å². The van der Waals surface area contributed by atoms with Gasteiger partial charge in [0.25, 0.3) is 0 Å². The molecule has 1 N–H and O–H groups in total. The van der Waals surface area contributed by atoms with Crippen molar-refractivity contribution in [3.8, 4) is 5.69 Å². The predicted octanol–water partition coefficient (Wildman–Crippen LogP) is 2.93. The number of aromatic nitrogens is 1. The zero-order valence-electron chi connectivity index (χ0n) is 9.57. The molecule has 0 atom stereocenters. The van der Waals surface area contributed by atoms with Crippen LogP contribution in [0.4, 0.5) is 4.39 Å². The van der Waals surface area contributed by atoms with E-state index in [1.165, 1.54) is 12.1 Å². The van der Waals surface area contributed by atoms with Crippen LogP contribution in [0.15, 0.2) is 30.3 Å². The van der Waals surface area contributed by atoms with E-state index < -0.39 is 11.8 Å². The van der Waals surface area contributed by atoms with Gasteiger partial charge >= 0.3 is 5.97 Å². The van der Waals surface area contributed by atoms with Gasteiger partial charge in [0, 0.05) is 11.4 Å². The quantitative estimate of drug-likeness (QED) is 0.866. The third-order valence-electron chi connectivity index (χ3n) is 2.70. The molecule has 0 radical (unpaired) electrons. The van der Waals surface area contributed by atoms with Crippen molar-refractivity contribution in [3.63, 3.8) is 0 Å². The van der Waals surface area contributed by atoms with E-state index in [1.807, 2.05) is 26.0 Å². The summed E-state index contributed by atoms with van der Waals surface area (Å²) >= 11 is 0. The van der Waals surface area contributed by atoms with Crippen LogP contribution in [-0.4, -0.2) is 15.6 Å². The number of aromatic carboxylic acids is 1. The van der Waals surface area contributed by atoms with Gasteiger partial charge in [-0.15, -0.1) is 0 Å². The molecule has 4 heteroatoms. The fraction of sp³-hybridized carbons (Fsp3) is 0.154. The Balaban J connectivity index is 2.71. The normalized spacial score (nSPS) is 10.5. The third-order valence-corrected chi connectivity index (χ3v) is 2.70. The lowest BCUT2D eigenvalue weighted by molar-refractivity contribution is 0.0696. The number of rotatable bonds is 2. The van der Waals surface area contributed by atoms with E-state index in [0.29, 0.717) is 5.69 Å². The first-order valence-electron chi connectivity index (χ1n) is 5.19. The van der Waals surface area contributed by atoms with Gasteiger partial charge in [-0.25, -0.2) is 9.18 Å². The standard InChI is InChI=1S/C13H12FNO2/c1-8-3-4-9(2)15(8)12-6-5-10(14)7-11(12)13(16)17/h3-7H,1-2H3,(H,16,17). The number of aryl methyl sites for hydroxylation is 2. The van der Waals surface area contributed by atoms with E-state index in [1.54, 1.807) is 4.57 Å². The summed E-state index contributed by atoms with van der Waals surface area (Å²) in [6.45, 7) is 3.75. The van der Waals surface area contributed by atoms with Crippen molar-refractivity contribution in [2.45, 2.75) is 13.8 Å². The molecule has 1 aromatic carbocycles. The highest BCUT2D eigenvalue weighted by Gasteiger charge is 2.14. The number of halogens is 1. The largest absolute Gasteiger partial charge is 0.478 e. The maximum atomic E-state index is 13.1. The molecule has 1 aromatic heterocycles. The molecule has 2 rings (SSSR count). The Morgan fingerprint density at radius 2 is 1.76 bits per heavy atom. The number of nitrogens with zero attached hydrogens (tertiary/aromatic N) is 1. The Hall–Kier alpha value is -2.10. The summed E-state index contributed by atoms with van der Waals surface area (Å²) in [5.41, 5.74) is 2.28. The second kappa shape index (κ2) is 4.05. The molecule has 0 amide bonds. The molecule has 17 heavy (non-hydrogen) atoms. The fourth-order valence-corrected chi connectivity index (χ4v) is 1.92. The summed E-state index contributed by atoms with van der Waals surface area (Å²) in [5.74, 6) is -1.68. The average Bonchev–Trinajstić information content (AvgIpc) is 2.59. The third kappa shape index (κ3) is 1.93. The number of carbonyl (C=O) groups is 1. The van der Waals surface area contributed by atoms with Crippen LogP contribution in [0, 0.1) is 19.7 Å². The second-order valence-electron chi connectivity index (χ2n) is 3.92. The average molecular weight is 233 g/mol. The van der Waals surface area contributed by atoms with E-state index in [9.17, 15) is 9.18 Å². The molecule has 0 spiro atoms. The molecule has 0 aliphatic heterocycles.